The number of thiocarbonyl (C=S) groups is 1. The van der Waals surface area contributed by atoms with E-state index >= 15 is 0 Å². The van der Waals surface area contributed by atoms with E-state index in [0.717, 1.165) is 48.6 Å². The minimum Gasteiger partial charge on any atom is -0.506 e. The van der Waals surface area contributed by atoms with Crippen molar-refractivity contribution in [2.75, 3.05) is 13.2 Å². The zero-order chi connectivity index (χ0) is 23.1. The number of phenolic OH excluding ortho intramolecular Hbond substituents is 1. The first-order valence-corrected chi connectivity index (χ1v) is 12.0. The van der Waals surface area contributed by atoms with E-state index < -0.39 is 0 Å². The molecule has 3 unspecified atom stereocenters. The quantitative estimate of drug-likeness (QED) is 0.499. The summed E-state index contributed by atoms with van der Waals surface area (Å²) in [6.07, 6.45) is 4.09. The lowest BCUT2D eigenvalue weighted by Crippen LogP contribution is -2.36. The number of hydrogen-bond donors (Lipinski definition) is 2. The molecule has 3 aromatic rings. The van der Waals surface area contributed by atoms with Crippen molar-refractivity contribution >= 4 is 28.9 Å². The summed E-state index contributed by atoms with van der Waals surface area (Å²) < 4.78 is 8.00. The van der Waals surface area contributed by atoms with Gasteiger partial charge in [0.1, 0.15) is 5.75 Å². The molecule has 3 atom stereocenters. The summed E-state index contributed by atoms with van der Waals surface area (Å²) in [7, 11) is 0. The van der Waals surface area contributed by atoms with Gasteiger partial charge in [0.15, 0.2) is 5.11 Å². The lowest BCUT2D eigenvalue weighted by atomic mass is 9.96. The van der Waals surface area contributed by atoms with E-state index in [4.69, 9.17) is 28.6 Å². The Bertz CT molecular complexity index is 1180. The van der Waals surface area contributed by atoms with Crippen molar-refractivity contribution in [3.05, 3.63) is 76.3 Å². The minimum absolute atomic E-state index is 0.0575. The highest BCUT2D eigenvalue weighted by Crippen LogP contribution is 2.42. The average Bonchev–Trinajstić information content (AvgIpc) is 3.50. The second-order valence-corrected chi connectivity index (χ2v) is 9.53. The van der Waals surface area contributed by atoms with Crippen molar-refractivity contribution in [3.63, 3.8) is 0 Å². The van der Waals surface area contributed by atoms with Crippen molar-refractivity contribution in [3.8, 4) is 11.4 Å². The Labute approximate surface area is 204 Å². The van der Waals surface area contributed by atoms with Gasteiger partial charge in [-0.15, -0.1) is 0 Å². The fraction of sp³-hybridized carbons (Fsp3) is 0.360. The highest BCUT2D eigenvalue weighted by Gasteiger charge is 2.42. The number of halogens is 1. The maximum absolute atomic E-state index is 10.6. The van der Waals surface area contributed by atoms with Gasteiger partial charge in [0.2, 0.25) is 0 Å². The van der Waals surface area contributed by atoms with Crippen LogP contribution in [0.3, 0.4) is 0 Å². The molecule has 0 aliphatic carbocycles. The third-order valence-corrected chi connectivity index (χ3v) is 7.18. The van der Waals surface area contributed by atoms with Gasteiger partial charge in [0, 0.05) is 35.8 Å². The molecule has 0 spiro atoms. The van der Waals surface area contributed by atoms with Gasteiger partial charge < -0.3 is 24.6 Å². The Kier molecular flexibility index (Phi) is 6.03. The molecule has 2 aliphatic heterocycles. The van der Waals surface area contributed by atoms with Gasteiger partial charge in [-0.05, 0) is 80.9 Å². The summed E-state index contributed by atoms with van der Waals surface area (Å²) in [5, 5.41) is 15.4. The summed E-state index contributed by atoms with van der Waals surface area (Å²) in [5.74, 6) is 0.185. The Morgan fingerprint density at radius 3 is 2.82 bits per heavy atom. The number of nitrogens with one attached hydrogen (secondary N) is 1. The number of ether oxygens (including phenoxy) is 1. The lowest BCUT2D eigenvalue weighted by Gasteiger charge is -2.30. The largest absolute Gasteiger partial charge is 0.506 e. The summed E-state index contributed by atoms with van der Waals surface area (Å²) in [5.41, 5.74) is 4.77. The van der Waals surface area contributed by atoms with E-state index in [1.807, 2.05) is 31.3 Å². The molecule has 2 N–H and O–H groups in total. The van der Waals surface area contributed by atoms with Crippen LogP contribution in [0.5, 0.6) is 5.75 Å². The van der Waals surface area contributed by atoms with Crippen LogP contribution in [0.2, 0.25) is 5.02 Å². The first-order valence-electron chi connectivity index (χ1n) is 11.2. The van der Waals surface area contributed by atoms with Crippen molar-refractivity contribution in [1.29, 1.82) is 0 Å². The van der Waals surface area contributed by atoms with Crippen molar-refractivity contribution in [2.45, 2.75) is 44.9 Å². The number of rotatable bonds is 5. The van der Waals surface area contributed by atoms with Gasteiger partial charge in [-0.1, -0.05) is 17.7 Å². The zero-order valence-corrected chi connectivity index (χ0v) is 20.2. The Balaban J connectivity index is 1.61. The standard InChI is InChI=1S/C25H27ClN4O2S/c1-15-12-19(16(2)30(15)21-13-17(26)8-9-22(21)31)24-23(20-7-3-4-10-27-20)28-25(33)29(24)14-18-6-5-11-32-18/h3-4,7-10,12-13,18,23-24,31H,5-6,11,14H2,1-2H3,(H,28,33). The minimum atomic E-state index is -0.0954. The number of aromatic nitrogens is 2. The average molecular weight is 483 g/mol. The van der Waals surface area contributed by atoms with Crippen LogP contribution in [0.15, 0.2) is 48.7 Å². The van der Waals surface area contributed by atoms with Gasteiger partial charge >= 0.3 is 0 Å². The van der Waals surface area contributed by atoms with Gasteiger partial charge in [-0.25, -0.2) is 0 Å². The number of benzene rings is 1. The van der Waals surface area contributed by atoms with Crippen LogP contribution in [0.4, 0.5) is 0 Å². The van der Waals surface area contributed by atoms with Crippen LogP contribution >= 0.6 is 23.8 Å². The Morgan fingerprint density at radius 2 is 2.09 bits per heavy atom. The zero-order valence-electron chi connectivity index (χ0n) is 18.7. The van der Waals surface area contributed by atoms with E-state index in [0.29, 0.717) is 15.8 Å². The number of nitrogens with zero attached hydrogens (tertiary/aromatic N) is 3. The van der Waals surface area contributed by atoms with E-state index in [1.54, 1.807) is 18.2 Å². The van der Waals surface area contributed by atoms with Gasteiger partial charge in [-0.3, -0.25) is 4.98 Å². The molecule has 172 valence electrons. The summed E-state index contributed by atoms with van der Waals surface area (Å²) in [4.78, 5) is 6.88. The summed E-state index contributed by atoms with van der Waals surface area (Å²) in [6.45, 7) is 5.64. The van der Waals surface area contributed by atoms with E-state index in [2.05, 4.69) is 32.8 Å². The molecular weight excluding hydrogens is 456 g/mol. The van der Waals surface area contributed by atoms with Crippen molar-refractivity contribution < 1.29 is 9.84 Å². The first kappa shape index (κ1) is 22.2. The number of aromatic hydroxyl groups is 1. The first-order chi connectivity index (χ1) is 15.9. The lowest BCUT2D eigenvalue weighted by molar-refractivity contribution is 0.0842. The molecule has 2 saturated heterocycles. The molecule has 0 amide bonds. The van der Waals surface area contributed by atoms with Crippen LogP contribution in [0, 0.1) is 13.8 Å². The van der Waals surface area contributed by atoms with Crippen LogP contribution in [0.1, 0.15) is 47.6 Å². The molecule has 5 rings (SSSR count). The monoisotopic (exact) mass is 482 g/mol. The third kappa shape index (κ3) is 4.09. The maximum Gasteiger partial charge on any atom is 0.170 e. The van der Waals surface area contributed by atoms with E-state index in [-0.39, 0.29) is 23.9 Å². The smallest absolute Gasteiger partial charge is 0.170 e. The molecule has 2 fully saturated rings. The molecule has 2 aliphatic rings. The predicted octanol–water partition coefficient (Wildman–Crippen LogP) is 5.00. The molecule has 2 aromatic heterocycles. The number of aryl methyl sites for hydroxylation is 1. The maximum atomic E-state index is 10.6. The normalized spacial score (nSPS) is 22.7. The second kappa shape index (κ2) is 8.97. The van der Waals surface area contributed by atoms with Crippen molar-refractivity contribution in [2.24, 2.45) is 0 Å². The fourth-order valence-corrected chi connectivity index (χ4v) is 5.56. The van der Waals surface area contributed by atoms with Crippen LogP contribution < -0.4 is 5.32 Å². The van der Waals surface area contributed by atoms with Gasteiger partial charge in [0.25, 0.3) is 0 Å². The van der Waals surface area contributed by atoms with Gasteiger partial charge in [0.05, 0.1) is 29.6 Å². The predicted molar refractivity (Wildman–Crippen MR) is 133 cm³/mol. The fourth-order valence-electron chi connectivity index (χ4n) is 5.08. The van der Waals surface area contributed by atoms with Crippen LogP contribution in [-0.4, -0.2) is 43.9 Å². The van der Waals surface area contributed by atoms with E-state index in [1.165, 1.54) is 0 Å². The van der Waals surface area contributed by atoms with Crippen LogP contribution in [0.25, 0.3) is 5.69 Å². The SMILES string of the molecule is Cc1cc(C2C(c3ccccn3)NC(=S)N2CC2CCCO2)c(C)n1-c1cc(Cl)ccc1O. The molecule has 33 heavy (non-hydrogen) atoms. The summed E-state index contributed by atoms with van der Waals surface area (Å²) in [6, 6.07) is 13.1. The molecule has 8 heteroatoms. The highest BCUT2D eigenvalue weighted by atomic mass is 35.5. The summed E-state index contributed by atoms with van der Waals surface area (Å²) >= 11 is 12.1. The third-order valence-electron chi connectivity index (χ3n) is 6.59. The molecular formula is C25H27ClN4O2S. The number of pyridine rings is 1. The van der Waals surface area contributed by atoms with Crippen molar-refractivity contribution in [1.82, 2.24) is 19.8 Å². The van der Waals surface area contributed by atoms with E-state index in [9.17, 15) is 5.11 Å². The number of phenols is 1. The topological polar surface area (TPSA) is 62.5 Å². The molecule has 0 saturated carbocycles. The van der Waals surface area contributed by atoms with Crippen LogP contribution in [-0.2, 0) is 4.74 Å². The number of hydrogen-bond acceptors (Lipinski definition) is 4. The Hall–Kier alpha value is -2.61. The highest BCUT2D eigenvalue weighted by molar-refractivity contribution is 7.80. The molecule has 0 radical (unpaired) electrons. The molecule has 6 nitrogen and oxygen atoms in total. The molecule has 1 aromatic carbocycles. The van der Waals surface area contributed by atoms with Gasteiger partial charge in [-0.2, -0.15) is 0 Å². The second-order valence-electron chi connectivity index (χ2n) is 8.71. The molecule has 0 bridgehead atoms. The molecule has 4 heterocycles. The Morgan fingerprint density at radius 1 is 1.24 bits per heavy atom.